The number of nitrogens with one attached hydrogen (secondary N) is 2. The van der Waals surface area contributed by atoms with Crippen LogP contribution in [0.2, 0.25) is 5.28 Å². The average Bonchev–Trinajstić information content (AvgIpc) is 3.26. The van der Waals surface area contributed by atoms with Crippen LogP contribution in [0.1, 0.15) is 64.5 Å². The fraction of sp³-hybridized carbons (Fsp3) is 0.154. The number of nitriles is 1. The molecular formula is C39H32ClN13O12. The van der Waals surface area contributed by atoms with Crippen LogP contribution in [0.4, 0.5) is 40.3 Å². The van der Waals surface area contributed by atoms with Gasteiger partial charge in [0.15, 0.2) is 11.6 Å². The maximum Gasteiger partial charge on any atom is 0.338 e. The molecule has 8 N–H and O–H groups in total. The monoisotopic (exact) mass is 909 g/mol. The first-order valence-electron chi connectivity index (χ1n) is 18.0. The van der Waals surface area contributed by atoms with E-state index in [2.05, 4.69) is 64.0 Å². The zero-order valence-electron chi connectivity index (χ0n) is 33.6. The molecule has 0 saturated carbocycles. The number of hydrogen-bond acceptors (Lipinski definition) is 18. The summed E-state index contributed by atoms with van der Waals surface area (Å²) in [6.45, 7) is 15.3. The van der Waals surface area contributed by atoms with Crippen molar-refractivity contribution in [1.29, 1.82) is 5.26 Å². The molecule has 2 aromatic carbocycles. The van der Waals surface area contributed by atoms with Crippen LogP contribution in [0, 0.1) is 31.8 Å². The molecule has 0 aliphatic carbocycles. The van der Waals surface area contributed by atoms with Crippen LogP contribution in [-0.4, -0.2) is 85.1 Å². The van der Waals surface area contributed by atoms with Crippen molar-refractivity contribution in [3.05, 3.63) is 126 Å². The molecule has 0 fully saturated rings. The minimum absolute atomic E-state index is 0.0118. The fourth-order valence-electron chi connectivity index (χ4n) is 5.81. The summed E-state index contributed by atoms with van der Waals surface area (Å²) in [6.07, 6.45) is 0.0474. The molecule has 26 heteroatoms. The van der Waals surface area contributed by atoms with Crippen LogP contribution in [0.3, 0.4) is 0 Å². The summed E-state index contributed by atoms with van der Waals surface area (Å²) in [5, 5.41) is 89.8. The number of benzene rings is 2. The Morgan fingerprint density at radius 2 is 1.26 bits per heavy atom. The molecule has 0 amide bonds. The van der Waals surface area contributed by atoms with Gasteiger partial charge in [-0.05, 0) is 61.7 Å². The summed E-state index contributed by atoms with van der Waals surface area (Å²) in [5.74, 6) is -8.25. The van der Waals surface area contributed by atoms with Gasteiger partial charge < -0.3 is 41.3 Å². The second kappa shape index (κ2) is 20.9. The smallest absolute Gasteiger partial charge is 0.338 e. The van der Waals surface area contributed by atoms with Crippen molar-refractivity contribution < 1.29 is 49.8 Å². The summed E-state index contributed by atoms with van der Waals surface area (Å²) >= 11 is 6.10. The zero-order chi connectivity index (χ0) is 48.3. The number of pyridine rings is 2. The van der Waals surface area contributed by atoms with Crippen molar-refractivity contribution >= 4 is 75.8 Å². The van der Waals surface area contributed by atoms with E-state index in [1.165, 1.54) is 26.0 Å². The van der Waals surface area contributed by atoms with Crippen LogP contribution < -0.4 is 21.8 Å². The lowest BCUT2D eigenvalue weighted by atomic mass is 10.1. The summed E-state index contributed by atoms with van der Waals surface area (Å²) < 4.78 is 1.48. The standard InChI is InChI=1S/C37H28ClN13O12.C2H4/c1-15-19(13-39)27(52)50(29(54)25(15)48-46-20-9-4-7-17(31(56)57)22(20)33(60)61)12-6-11-41-36-43-35(38)44-37(45-36)42-14-51-28(53)24(40-3)16(2)26(30(51)55)49-47-21-10-5-8-18(32(58)59)23(21)34(62)63;1-2/h4-5,7-10,52-53H,6,11-12,14H2,1-2H3,(H,56,57)(H,58,59)(H,60,61)(H,62,63)(H2,41,42,43,44,45);1-2H2. The number of carboxylic acids is 4. The molecule has 3 heterocycles. The van der Waals surface area contributed by atoms with E-state index in [4.69, 9.17) is 18.2 Å². The van der Waals surface area contributed by atoms with Gasteiger partial charge in [0, 0.05) is 18.7 Å². The lowest BCUT2D eigenvalue weighted by molar-refractivity contribution is 0.0652. The number of nitrogens with zero attached hydrogens (tertiary/aromatic N) is 11. The number of anilines is 2. The Labute approximate surface area is 369 Å². The number of rotatable bonds is 16. The van der Waals surface area contributed by atoms with Gasteiger partial charge in [-0.15, -0.1) is 33.6 Å². The molecule has 0 spiro atoms. The lowest BCUT2D eigenvalue weighted by Crippen LogP contribution is -2.25. The summed E-state index contributed by atoms with van der Waals surface area (Å²) in [6, 6.07) is 8.61. The maximum atomic E-state index is 13.5. The molecule has 65 heavy (non-hydrogen) atoms. The van der Waals surface area contributed by atoms with Crippen LogP contribution in [0.15, 0.2) is 79.6 Å². The van der Waals surface area contributed by atoms with Crippen LogP contribution >= 0.6 is 11.6 Å². The van der Waals surface area contributed by atoms with Crippen LogP contribution in [-0.2, 0) is 13.2 Å². The Morgan fingerprint density at radius 1 is 0.769 bits per heavy atom. The molecule has 0 aliphatic rings. The second-order valence-corrected chi connectivity index (χ2v) is 13.0. The SMILES string of the molecule is C=C.[C-]#[N+]c1c(C)c(N=Nc2cccc(C(=O)O)c2C(=O)O)c(=O)n(CNc2nc(Cl)nc(NCCCn3c(O)c(C#N)c(C)c(N=Nc4cccc(C(=O)O)c4C(=O)O)c3=O)n2)c1O. The van der Waals surface area contributed by atoms with E-state index in [-0.39, 0.29) is 53.4 Å². The fourth-order valence-corrected chi connectivity index (χ4v) is 5.97. The Kier molecular flexibility index (Phi) is 15.6. The maximum absolute atomic E-state index is 13.5. The third-order valence-electron chi connectivity index (χ3n) is 8.84. The summed E-state index contributed by atoms with van der Waals surface area (Å²) in [4.78, 5) is 89.1. The number of aromatic nitrogens is 5. The van der Waals surface area contributed by atoms with Gasteiger partial charge in [0.25, 0.3) is 11.1 Å². The number of halogens is 1. The minimum atomic E-state index is -1.63. The predicted octanol–water partition coefficient (Wildman–Crippen LogP) is 6.30. The van der Waals surface area contributed by atoms with Crippen LogP contribution in [0.25, 0.3) is 4.85 Å². The van der Waals surface area contributed by atoms with E-state index in [9.17, 15) is 64.7 Å². The molecule has 5 rings (SSSR count). The quantitative estimate of drug-likeness (QED) is 0.0233. The van der Waals surface area contributed by atoms with E-state index in [0.29, 0.717) is 4.57 Å². The Bertz CT molecular complexity index is 3040. The molecule has 0 saturated heterocycles. The highest BCUT2D eigenvalue weighted by Crippen LogP contribution is 2.35. The number of azo groups is 2. The Morgan fingerprint density at radius 3 is 1.74 bits per heavy atom. The van der Waals surface area contributed by atoms with E-state index in [0.717, 1.165) is 28.8 Å². The molecule has 25 nitrogen and oxygen atoms in total. The molecule has 0 atom stereocenters. The number of carboxylic acid groups (broad SMARTS) is 4. The minimum Gasteiger partial charge on any atom is -0.503 e. The molecule has 0 unspecified atom stereocenters. The van der Waals surface area contributed by atoms with Gasteiger partial charge in [-0.25, -0.2) is 24.0 Å². The number of hydrogen-bond donors (Lipinski definition) is 8. The van der Waals surface area contributed by atoms with Crippen molar-refractivity contribution in [3.8, 4) is 17.8 Å². The number of aromatic hydroxyl groups is 2. The molecule has 0 bridgehead atoms. The highest BCUT2D eigenvalue weighted by Gasteiger charge is 2.24. The first-order valence-corrected chi connectivity index (χ1v) is 18.4. The van der Waals surface area contributed by atoms with Gasteiger partial charge in [-0.2, -0.15) is 20.2 Å². The summed E-state index contributed by atoms with van der Waals surface area (Å²) in [5.41, 5.74) is -7.25. The van der Waals surface area contributed by atoms with Gasteiger partial charge in [-0.3, -0.25) is 18.7 Å². The predicted molar refractivity (Wildman–Crippen MR) is 227 cm³/mol. The van der Waals surface area contributed by atoms with Gasteiger partial charge in [0.1, 0.15) is 39.8 Å². The van der Waals surface area contributed by atoms with Crippen molar-refractivity contribution in [1.82, 2.24) is 24.1 Å². The number of aromatic carboxylic acids is 4. The lowest BCUT2D eigenvalue weighted by Gasteiger charge is -2.15. The highest BCUT2D eigenvalue weighted by molar-refractivity contribution is 6.28. The Balaban J connectivity index is 0.00000456. The molecule has 332 valence electrons. The van der Waals surface area contributed by atoms with Gasteiger partial charge in [-0.1, -0.05) is 12.1 Å². The first kappa shape index (κ1) is 48.3. The molecule has 3 aromatic heterocycles. The van der Waals surface area contributed by atoms with Crippen molar-refractivity contribution in [2.24, 2.45) is 20.5 Å². The van der Waals surface area contributed by atoms with Gasteiger partial charge >= 0.3 is 23.9 Å². The van der Waals surface area contributed by atoms with E-state index >= 15 is 0 Å². The molecule has 0 radical (unpaired) electrons. The normalized spacial score (nSPS) is 10.7. The molecular weight excluding hydrogens is 878 g/mol. The third-order valence-corrected chi connectivity index (χ3v) is 9.01. The Hall–Kier alpha value is -9.36. The van der Waals surface area contributed by atoms with Crippen molar-refractivity contribution in [2.75, 3.05) is 17.2 Å². The largest absolute Gasteiger partial charge is 0.503 e. The van der Waals surface area contributed by atoms with Crippen molar-refractivity contribution in [3.63, 3.8) is 0 Å². The highest BCUT2D eigenvalue weighted by atomic mass is 35.5. The first-order chi connectivity index (χ1) is 30.9. The third kappa shape index (κ3) is 10.4. The van der Waals surface area contributed by atoms with E-state index in [1.54, 1.807) is 6.07 Å². The van der Waals surface area contributed by atoms with Gasteiger partial charge in [0.2, 0.25) is 28.7 Å². The van der Waals surface area contributed by atoms with Crippen molar-refractivity contribution in [2.45, 2.75) is 33.5 Å². The average molecular weight is 910 g/mol. The zero-order valence-corrected chi connectivity index (χ0v) is 34.4. The molecule has 5 aromatic rings. The van der Waals surface area contributed by atoms with E-state index in [1.807, 2.05) is 0 Å². The van der Waals surface area contributed by atoms with E-state index < -0.39 is 104 Å². The number of carbonyl (C=O) groups is 4. The summed E-state index contributed by atoms with van der Waals surface area (Å²) in [7, 11) is 0. The second-order valence-electron chi connectivity index (χ2n) is 12.6. The topological polar surface area (TPSA) is 374 Å². The molecule has 0 aliphatic heterocycles. The van der Waals surface area contributed by atoms with Gasteiger partial charge in [0.05, 0.1) is 24.4 Å². The van der Waals surface area contributed by atoms with Crippen LogP contribution in [0.5, 0.6) is 11.8 Å².